The summed E-state index contributed by atoms with van der Waals surface area (Å²) in [5.74, 6) is -1.72. The first-order valence-corrected chi connectivity index (χ1v) is 4.75. The second-order valence-electron chi connectivity index (χ2n) is 3.42. The summed E-state index contributed by atoms with van der Waals surface area (Å²) in [5, 5.41) is 21.1. The van der Waals surface area contributed by atoms with E-state index in [9.17, 15) is 13.2 Å². The standard InChI is InChI=1S/C10H7F3N2O3/c11-10(12,13)9-14-7(15-18-9)5-2-1-3-6(4-5)8(16)17/h1-4,8,16-17H. The fourth-order valence-electron chi connectivity index (χ4n) is 1.29. The highest BCUT2D eigenvalue weighted by atomic mass is 19.4. The molecule has 0 bridgehead atoms. The van der Waals surface area contributed by atoms with E-state index in [2.05, 4.69) is 14.7 Å². The highest BCUT2D eigenvalue weighted by Crippen LogP contribution is 2.29. The molecule has 1 aromatic heterocycles. The minimum atomic E-state index is -4.71. The molecule has 2 rings (SSSR count). The predicted octanol–water partition coefficient (Wildman–Crippen LogP) is 1.74. The molecule has 2 aromatic rings. The van der Waals surface area contributed by atoms with Gasteiger partial charge >= 0.3 is 12.1 Å². The summed E-state index contributed by atoms with van der Waals surface area (Å²) in [7, 11) is 0. The van der Waals surface area contributed by atoms with Crippen LogP contribution in [0.1, 0.15) is 17.7 Å². The van der Waals surface area contributed by atoms with Crippen molar-refractivity contribution >= 4 is 0 Å². The van der Waals surface area contributed by atoms with Crippen LogP contribution in [0.4, 0.5) is 13.2 Å². The predicted molar refractivity (Wildman–Crippen MR) is 51.9 cm³/mol. The third-order valence-electron chi connectivity index (χ3n) is 2.11. The number of benzene rings is 1. The molecule has 0 fully saturated rings. The van der Waals surface area contributed by atoms with Crippen molar-refractivity contribution in [2.45, 2.75) is 12.5 Å². The van der Waals surface area contributed by atoms with Crippen LogP contribution >= 0.6 is 0 Å². The highest BCUT2D eigenvalue weighted by Gasteiger charge is 2.38. The van der Waals surface area contributed by atoms with E-state index < -0.39 is 18.4 Å². The molecule has 96 valence electrons. The zero-order valence-electron chi connectivity index (χ0n) is 8.72. The normalized spacial score (nSPS) is 12.1. The zero-order chi connectivity index (χ0) is 13.3. The number of nitrogens with zero attached hydrogens (tertiary/aromatic N) is 2. The number of hydrogen-bond acceptors (Lipinski definition) is 5. The van der Waals surface area contributed by atoms with Crippen molar-refractivity contribution in [2.24, 2.45) is 0 Å². The summed E-state index contributed by atoms with van der Waals surface area (Å²) in [6.07, 6.45) is -6.43. The first-order valence-electron chi connectivity index (χ1n) is 4.75. The molecule has 5 nitrogen and oxygen atoms in total. The van der Waals surface area contributed by atoms with Gasteiger partial charge in [0, 0.05) is 11.1 Å². The molecule has 0 aliphatic heterocycles. The second-order valence-corrected chi connectivity index (χ2v) is 3.42. The van der Waals surface area contributed by atoms with Gasteiger partial charge in [0.1, 0.15) is 0 Å². The van der Waals surface area contributed by atoms with E-state index in [0.717, 1.165) is 0 Å². The first kappa shape index (κ1) is 12.5. The molecule has 0 unspecified atom stereocenters. The Morgan fingerprint density at radius 3 is 2.50 bits per heavy atom. The Labute approximate surface area is 98.5 Å². The van der Waals surface area contributed by atoms with Crippen LogP contribution < -0.4 is 0 Å². The van der Waals surface area contributed by atoms with Crippen molar-refractivity contribution in [1.29, 1.82) is 0 Å². The fraction of sp³-hybridized carbons (Fsp3) is 0.200. The van der Waals surface area contributed by atoms with Gasteiger partial charge in [0.05, 0.1) is 0 Å². The van der Waals surface area contributed by atoms with Gasteiger partial charge in [-0.15, -0.1) is 0 Å². The molecule has 18 heavy (non-hydrogen) atoms. The number of alkyl halides is 3. The summed E-state index contributed by atoms with van der Waals surface area (Å²) in [4.78, 5) is 3.19. The lowest BCUT2D eigenvalue weighted by atomic mass is 10.1. The van der Waals surface area contributed by atoms with Gasteiger partial charge in [-0.25, -0.2) is 0 Å². The molecule has 1 aromatic carbocycles. The van der Waals surface area contributed by atoms with Crippen molar-refractivity contribution in [3.8, 4) is 11.4 Å². The summed E-state index contributed by atoms with van der Waals surface area (Å²) in [6.45, 7) is 0. The Balaban J connectivity index is 2.37. The molecular formula is C10H7F3N2O3. The quantitative estimate of drug-likeness (QED) is 0.804. The molecule has 0 atom stereocenters. The van der Waals surface area contributed by atoms with E-state index in [-0.39, 0.29) is 17.0 Å². The maximum absolute atomic E-state index is 12.2. The summed E-state index contributed by atoms with van der Waals surface area (Å²) < 4.78 is 40.8. The Kier molecular flexibility index (Phi) is 3.05. The number of rotatable bonds is 2. The van der Waals surface area contributed by atoms with E-state index >= 15 is 0 Å². The van der Waals surface area contributed by atoms with Gasteiger partial charge in [0.15, 0.2) is 6.29 Å². The van der Waals surface area contributed by atoms with Crippen LogP contribution in [0.2, 0.25) is 0 Å². The van der Waals surface area contributed by atoms with Crippen LogP contribution in [0.25, 0.3) is 11.4 Å². The highest BCUT2D eigenvalue weighted by molar-refractivity contribution is 5.55. The van der Waals surface area contributed by atoms with Crippen LogP contribution in [0.3, 0.4) is 0 Å². The third-order valence-corrected chi connectivity index (χ3v) is 2.11. The Bertz CT molecular complexity index is 551. The van der Waals surface area contributed by atoms with E-state index in [1.807, 2.05) is 0 Å². The molecular weight excluding hydrogens is 253 g/mol. The first-order chi connectivity index (χ1) is 8.38. The third kappa shape index (κ3) is 2.49. The Morgan fingerprint density at radius 1 is 1.22 bits per heavy atom. The molecule has 0 aliphatic carbocycles. The molecule has 0 saturated heterocycles. The molecule has 0 spiro atoms. The lowest BCUT2D eigenvalue weighted by molar-refractivity contribution is -0.159. The van der Waals surface area contributed by atoms with Crippen LogP contribution in [0.15, 0.2) is 28.8 Å². The van der Waals surface area contributed by atoms with Crippen molar-refractivity contribution in [3.63, 3.8) is 0 Å². The molecule has 0 saturated carbocycles. The van der Waals surface area contributed by atoms with E-state index in [4.69, 9.17) is 10.2 Å². The number of aromatic nitrogens is 2. The zero-order valence-corrected chi connectivity index (χ0v) is 8.72. The monoisotopic (exact) mass is 260 g/mol. The summed E-state index contributed by atoms with van der Waals surface area (Å²) in [6, 6.07) is 5.53. The fourth-order valence-corrected chi connectivity index (χ4v) is 1.29. The Morgan fingerprint density at radius 2 is 1.94 bits per heavy atom. The molecule has 8 heteroatoms. The van der Waals surface area contributed by atoms with Crippen LogP contribution in [0, 0.1) is 0 Å². The minimum absolute atomic E-state index is 0.117. The number of aliphatic hydroxyl groups is 2. The van der Waals surface area contributed by atoms with Crippen LogP contribution in [0.5, 0.6) is 0 Å². The summed E-state index contributed by atoms with van der Waals surface area (Å²) >= 11 is 0. The molecule has 1 heterocycles. The van der Waals surface area contributed by atoms with Gasteiger partial charge in [-0.05, 0) is 6.07 Å². The smallest absolute Gasteiger partial charge is 0.364 e. The topological polar surface area (TPSA) is 79.4 Å². The van der Waals surface area contributed by atoms with Gasteiger partial charge in [0.25, 0.3) is 0 Å². The lowest BCUT2D eigenvalue weighted by Gasteiger charge is -2.03. The maximum atomic E-state index is 12.2. The molecule has 2 N–H and O–H groups in total. The van der Waals surface area contributed by atoms with E-state index in [0.29, 0.717) is 0 Å². The minimum Gasteiger partial charge on any atom is -0.364 e. The van der Waals surface area contributed by atoms with Gasteiger partial charge in [-0.2, -0.15) is 18.2 Å². The van der Waals surface area contributed by atoms with Gasteiger partial charge in [0.2, 0.25) is 5.82 Å². The van der Waals surface area contributed by atoms with E-state index in [1.165, 1.54) is 24.3 Å². The lowest BCUT2D eigenvalue weighted by Crippen LogP contribution is -2.04. The SMILES string of the molecule is OC(O)c1cccc(-c2noc(C(F)(F)F)n2)c1. The second kappa shape index (κ2) is 4.39. The largest absolute Gasteiger partial charge is 0.471 e. The number of aliphatic hydroxyl groups excluding tert-OH is 1. The van der Waals surface area contributed by atoms with Gasteiger partial charge in [-0.3, -0.25) is 0 Å². The van der Waals surface area contributed by atoms with Crippen LogP contribution in [-0.4, -0.2) is 20.4 Å². The molecule has 0 amide bonds. The average molecular weight is 260 g/mol. The van der Waals surface area contributed by atoms with Gasteiger partial charge in [-0.1, -0.05) is 23.4 Å². The molecule has 0 radical (unpaired) electrons. The van der Waals surface area contributed by atoms with E-state index in [1.54, 1.807) is 0 Å². The maximum Gasteiger partial charge on any atom is 0.471 e. The van der Waals surface area contributed by atoms with Gasteiger partial charge < -0.3 is 14.7 Å². The van der Waals surface area contributed by atoms with Crippen molar-refractivity contribution < 1.29 is 27.9 Å². The Hall–Kier alpha value is -1.93. The summed E-state index contributed by atoms with van der Waals surface area (Å²) in [5.41, 5.74) is 0.311. The van der Waals surface area contributed by atoms with Crippen LogP contribution in [-0.2, 0) is 6.18 Å². The average Bonchev–Trinajstić information content (AvgIpc) is 2.78. The molecule has 0 aliphatic rings. The number of hydrogen-bond donors (Lipinski definition) is 2. The van der Waals surface area contributed by atoms with Crippen molar-refractivity contribution in [3.05, 3.63) is 35.7 Å². The van der Waals surface area contributed by atoms with Crippen molar-refractivity contribution in [1.82, 2.24) is 10.1 Å². The van der Waals surface area contributed by atoms with Crippen molar-refractivity contribution in [2.75, 3.05) is 0 Å². The number of halogens is 3.